The van der Waals surface area contributed by atoms with Crippen molar-refractivity contribution in [3.63, 3.8) is 0 Å². The van der Waals surface area contributed by atoms with Crippen LogP contribution in [-0.4, -0.2) is 17.2 Å². The molecule has 0 saturated carbocycles. The van der Waals surface area contributed by atoms with Crippen LogP contribution in [0.4, 0.5) is 0 Å². The average Bonchev–Trinajstić information content (AvgIpc) is 2.46. The van der Waals surface area contributed by atoms with Crippen LogP contribution in [0.2, 0.25) is 0 Å². The van der Waals surface area contributed by atoms with Crippen LogP contribution >= 0.6 is 0 Å². The average molecular weight is 196 g/mol. The van der Waals surface area contributed by atoms with Gasteiger partial charge in [-0.15, -0.1) is 0 Å². The minimum Gasteiger partial charge on any atom is -0.278 e. The lowest BCUT2D eigenvalue weighted by atomic mass is 9.98. The smallest absolute Gasteiger partial charge is 0.278 e. The predicted octanol–water partition coefficient (Wildman–Crippen LogP) is 2.28. The van der Waals surface area contributed by atoms with Gasteiger partial charge in [-0.25, -0.2) is 0 Å². The highest BCUT2D eigenvalue weighted by atomic mass is 16.6. The Balaban J connectivity index is 3.11. The lowest BCUT2D eigenvalue weighted by Crippen LogP contribution is -2.16. The summed E-state index contributed by atoms with van der Waals surface area (Å²) in [6, 6.07) is 0. The van der Waals surface area contributed by atoms with Crippen LogP contribution in [0.1, 0.15) is 27.7 Å². The van der Waals surface area contributed by atoms with Gasteiger partial charge in [0.15, 0.2) is 0 Å². The molecule has 0 aromatic carbocycles. The topological polar surface area (TPSA) is 55.5 Å². The standard InChI is InChI=1S/C10H16N2O2/c1-6(2)8-5-11-9(7(3)4)10(8)12(13)14/h6-7H,5H2,1-4H3. The molecule has 0 spiro atoms. The van der Waals surface area contributed by atoms with Crippen molar-refractivity contribution in [3.8, 4) is 0 Å². The van der Waals surface area contributed by atoms with E-state index in [1.54, 1.807) is 0 Å². The summed E-state index contributed by atoms with van der Waals surface area (Å²) in [5.74, 6) is 0.335. The van der Waals surface area contributed by atoms with Crippen molar-refractivity contribution in [1.82, 2.24) is 0 Å². The Morgan fingerprint density at radius 1 is 1.29 bits per heavy atom. The molecule has 4 nitrogen and oxygen atoms in total. The van der Waals surface area contributed by atoms with Gasteiger partial charge in [-0.1, -0.05) is 27.7 Å². The Morgan fingerprint density at radius 2 is 1.86 bits per heavy atom. The van der Waals surface area contributed by atoms with E-state index in [0.717, 1.165) is 5.57 Å². The van der Waals surface area contributed by atoms with Crippen molar-refractivity contribution < 1.29 is 4.92 Å². The van der Waals surface area contributed by atoms with Crippen molar-refractivity contribution in [2.45, 2.75) is 27.7 Å². The third kappa shape index (κ3) is 1.84. The third-order valence-corrected chi connectivity index (χ3v) is 2.39. The molecule has 14 heavy (non-hydrogen) atoms. The van der Waals surface area contributed by atoms with Gasteiger partial charge < -0.3 is 0 Å². The highest BCUT2D eigenvalue weighted by molar-refractivity contribution is 6.01. The molecule has 1 heterocycles. The number of rotatable bonds is 3. The van der Waals surface area contributed by atoms with Crippen LogP contribution in [0.25, 0.3) is 0 Å². The molecule has 4 heteroatoms. The normalized spacial score (nSPS) is 16.9. The van der Waals surface area contributed by atoms with E-state index in [9.17, 15) is 10.1 Å². The van der Waals surface area contributed by atoms with Gasteiger partial charge in [-0.2, -0.15) is 0 Å². The summed E-state index contributed by atoms with van der Waals surface area (Å²) in [6.07, 6.45) is 0. The lowest BCUT2D eigenvalue weighted by Gasteiger charge is -2.06. The maximum atomic E-state index is 10.9. The molecule has 0 fully saturated rings. The minimum atomic E-state index is -0.291. The number of aliphatic imine (C=N–C) groups is 1. The van der Waals surface area contributed by atoms with Crippen molar-refractivity contribution in [2.75, 3.05) is 6.54 Å². The van der Waals surface area contributed by atoms with Gasteiger partial charge in [0.1, 0.15) is 5.71 Å². The van der Waals surface area contributed by atoms with Gasteiger partial charge in [-0.05, 0) is 5.92 Å². The number of hydrogen-bond donors (Lipinski definition) is 0. The zero-order valence-electron chi connectivity index (χ0n) is 9.07. The number of hydrogen-bond acceptors (Lipinski definition) is 3. The SMILES string of the molecule is CC(C)C1=NCC(C(C)C)=C1[N+](=O)[O-]. The molecule has 0 bridgehead atoms. The first kappa shape index (κ1) is 10.9. The maximum absolute atomic E-state index is 10.9. The summed E-state index contributed by atoms with van der Waals surface area (Å²) < 4.78 is 0. The van der Waals surface area contributed by atoms with Crippen molar-refractivity contribution >= 4 is 5.71 Å². The van der Waals surface area contributed by atoms with Gasteiger partial charge in [0, 0.05) is 11.5 Å². The van der Waals surface area contributed by atoms with E-state index in [4.69, 9.17) is 0 Å². The van der Waals surface area contributed by atoms with E-state index < -0.39 is 0 Å². The summed E-state index contributed by atoms with van der Waals surface area (Å²) in [6.45, 7) is 8.31. The fourth-order valence-electron chi connectivity index (χ4n) is 1.61. The van der Waals surface area contributed by atoms with E-state index in [-0.39, 0.29) is 22.5 Å². The quantitative estimate of drug-likeness (QED) is 0.513. The summed E-state index contributed by atoms with van der Waals surface area (Å²) in [5.41, 5.74) is 1.77. The minimum absolute atomic E-state index is 0.131. The zero-order chi connectivity index (χ0) is 10.9. The van der Waals surface area contributed by atoms with Crippen molar-refractivity contribution in [2.24, 2.45) is 16.8 Å². The van der Waals surface area contributed by atoms with E-state index in [1.165, 1.54) is 0 Å². The molecule has 1 aliphatic rings. The van der Waals surface area contributed by atoms with Crippen molar-refractivity contribution in [3.05, 3.63) is 21.4 Å². The molecule has 1 rings (SSSR count). The van der Waals surface area contributed by atoms with Crippen molar-refractivity contribution in [1.29, 1.82) is 0 Å². The second kappa shape index (κ2) is 3.90. The molecule has 0 amide bonds. The summed E-state index contributed by atoms with van der Waals surface area (Å²) >= 11 is 0. The largest absolute Gasteiger partial charge is 0.291 e. The molecule has 0 radical (unpaired) electrons. The molecule has 0 aromatic rings. The summed E-state index contributed by atoms with van der Waals surface area (Å²) in [7, 11) is 0. The van der Waals surface area contributed by atoms with E-state index in [0.29, 0.717) is 12.3 Å². The lowest BCUT2D eigenvalue weighted by molar-refractivity contribution is -0.416. The van der Waals surface area contributed by atoms with Gasteiger partial charge in [-0.3, -0.25) is 15.1 Å². The molecule has 1 aliphatic heterocycles. The Hall–Kier alpha value is -1.19. The number of nitrogens with zero attached hydrogens (tertiary/aromatic N) is 2. The molecule has 0 unspecified atom stereocenters. The molecule has 0 atom stereocenters. The van der Waals surface area contributed by atoms with Gasteiger partial charge >= 0.3 is 0 Å². The van der Waals surface area contributed by atoms with Gasteiger partial charge in [0.25, 0.3) is 5.70 Å². The fourth-order valence-corrected chi connectivity index (χ4v) is 1.61. The first-order valence-corrected chi connectivity index (χ1v) is 4.87. The van der Waals surface area contributed by atoms with Crippen LogP contribution in [0.3, 0.4) is 0 Å². The Bertz CT molecular complexity index is 314. The highest BCUT2D eigenvalue weighted by Gasteiger charge is 2.32. The van der Waals surface area contributed by atoms with E-state index in [1.807, 2.05) is 27.7 Å². The van der Waals surface area contributed by atoms with Gasteiger partial charge in [0.05, 0.1) is 11.5 Å². The van der Waals surface area contributed by atoms with Crippen LogP contribution in [0.15, 0.2) is 16.3 Å². The molecule has 78 valence electrons. The number of allylic oxidation sites excluding steroid dienone is 1. The molecule has 0 N–H and O–H groups in total. The predicted molar refractivity (Wildman–Crippen MR) is 56.0 cm³/mol. The first-order chi connectivity index (χ1) is 6.45. The summed E-state index contributed by atoms with van der Waals surface area (Å²) in [5, 5.41) is 10.9. The fraction of sp³-hybridized carbons (Fsp3) is 0.700. The van der Waals surface area contributed by atoms with E-state index >= 15 is 0 Å². The molecular weight excluding hydrogens is 180 g/mol. The Kier molecular flexibility index (Phi) is 3.03. The molecular formula is C10H16N2O2. The van der Waals surface area contributed by atoms with Crippen LogP contribution in [0.5, 0.6) is 0 Å². The second-order valence-electron chi connectivity index (χ2n) is 4.14. The third-order valence-electron chi connectivity index (χ3n) is 2.39. The highest BCUT2D eigenvalue weighted by Crippen LogP contribution is 2.25. The number of nitro groups is 1. The molecule has 0 saturated heterocycles. The summed E-state index contributed by atoms with van der Waals surface area (Å²) in [4.78, 5) is 14.8. The monoisotopic (exact) mass is 196 g/mol. The first-order valence-electron chi connectivity index (χ1n) is 4.87. The molecule has 0 aromatic heterocycles. The molecule has 0 aliphatic carbocycles. The van der Waals surface area contributed by atoms with Crippen LogP contribution in [-0.2, 0) is 0 Å². The maximum Gasteiger partial charge on any atom is 0.291 e. The van der Waals surface area contributed by atoms with E-state index in [2.05, 4.69) is 4.99 Å². The van der Waals surface area contributed by atoms with Gasteiger partial charge in [0.2, 0.25) is 0 Å². The Labute approximate surface area is 83.9 Å². The Morgan fingerprint density at radius 3 is 2.21 bits per heavy atom. The van der Waals surface area contributed by atoms with Crippen LogP contribution < -0.4 is 0 Å². The van der Waals surface area contributed by atoms with Crippen LogP contribution in [0, 0.1) is 22.0 Å². The second-order valence-corrected chi connectivity index (χ2v) is 4.14. The zero-order valence-corrected chi connectivity index (χ0v) is 9.07.